The first-order valence-corrected chi connectivity index (χ1v) is 5.08. The quantitative estimate of drug-likeness (QED) is 0.493. The Labute approximate surface area is 92.9 Å². The van der Waals surface area contributed by atoms with Gasteiger partial charge in [0.25, 0.3) is 0 Å². The number of nitrogen functional groups attached to an aromatic ring is 1. The zero-order chi connectivity index (χ0) is 11.7. The van der Waals surface area contributed by atoms with Crippen LogP contribution in [-0.4, -0.2) is 34.9 Å². The van der Waals surface area contributed by atoms with Crippen molar-refractivity contribution in [2.24, 2.45) is 0 Å². The van der Waals surface area contributed by atoms with Crippen molar-refractivity contribution in [2.45, 2.75) is 18.1 Å². The second-order valence-corrected chi connectivity index (χ2v) is 3.93. The highest BCUT2D eigenvalue weighted by molar-refractivity contribution is 5.85. The number of rotatable bonds is 2. The van der Waals surface area contributed by atoms with E-state index in [-0.39, 0.29) is 6.61 Å². The first-order chi connectivity index (χ1) is 7.63. The van der Waals surface area contributed by atoms with E-state index in [1.54, 1.807) is 24.3 Å². The first kappa shape index (κ1) is 10.9. The number of hydrogen-bond acceptors (Lipinski definition) is 4. The zero-order valence-corrected chi connectivity index (χ0v) is 8.63. The molecule has 1 amide bonds. The molecule has 2 rings (SSSR count). The summed E-state index contributed by atoms with van der Waals surface area (Å²) in [6, 6.07) is 6.49. The molecule has 1 aromatic carbocycles. The van der Waals surface area contributed by atoms with E-state index in [9.17, 15) is 9.90 Å². The van der Waals surface area contributed by atoms with Crippen molar-refractivity contribution < 1.29 is 15.0 Å². The van der Waals surface area contributed by atoms with Crippen LogP contribution in [0.1, 0.15) is 11.5 Å². The van der Waals surface area contributed by atoms with Gasteiger partial charge in [-0.2, -0.15) is 0 Å². The van der Waals surface area contributed by atoms with Crippen LogP contribution in [0.5, 0.6) is 0 Å². The minimum absolute atomic E-state index is 0.197. The number of nitrogens with two attached hydrogens (primary N) is 1. The molecule has 1 aromatic rings. The van der Waals surface area contributed by atoms with Crippen LogP contribution in [-0.2, 0) is 4.79 Å². The third kappa shape index (κ3) is 1.75. The van der Waals surface area contributed by atoms with Gasteiger partial charge in [-0.3, -0.25) is 4.79 Å². The van der Waals surface area contributed by atoms with E-state index in [0.717, 1.165) is 5.56 Å². The van der Waals surface area contributed by atoms with Gasteiger partial charge < -0.3 is 21.3 Å². The smallest absolute Gasteiger partial charge is 0.249 e. The summed E-state index contributed by atoms with van der Waals surface area (Å²) < 4.78 is 0. The van der Waals surface area contributed by atoms with Gasteiger partial charge in [0.15, 0.2) is 0 Å². The highest BCUT2D eigenvalue weighted by Crippen LogP contribution is 2.29. The maximum Gasteiger partial charge on any atom is 0.249 e. The molecule has 1 saturated heterocycles. The fourth-order valence-corrected chi connectivity index (χ4v) is 2.03. The fourth-order valence-electron chi connectivity index (χ4n) is 2.03. The highest BCUT2D eigenvalue weighted by atomic mass is 16.3. The van der Waals surface area contributed by atoms with Crippen LogP contribution in [0.2, 0.25) is 0 Å². The van der Waals surface area contributed by atoms with Gasteiger partial charge in [-0.25, -0.2) is 0 Å². The summed E-state index contributed by atoms with van der Waals surface area (Å²) in [4.78, 5) is 11.3. The van der Waals surface area contributed by atoms with Crippen LogP contribution in [0.4, 0.5) is 5.69 Å². The SMILES string of the molecule is Nc1ccc(C2C(CO)NC(=O)C2O)cc1. The third-order valence-electron chi connectivity index (χ3n) is 2.89. The van der Waals surface area contributed by atoms with Gasteiger partial charge in [0, 0.05) is 11.6 Å². The number of carbonyl (C=O) groups excluding carboxylic acids is 1. The molecule has 0 aliphatic carbocycles. The second-order valence-electron chi connectivity index (χ2n) is 3.93. The largest absolute Gasteiger partial charge is 0.399 e. The molecule has 5 heteroatoms. The molecule has 16 heavy (non-hydrogen) atoms. The van der Waals surface area contributed by atoms with Crippen LogP contribution < -0.4 is 11.1 Å². The monoisotopic (exact) mass is 222 g/mol. The van der Waals surface area contributed by atoms with Crippen molar-refractivity contribution in [3.63, 3.8) is 0 Å². The molecule has 1 aliphatic rings. The Balaban J connectivity index is 2.31. The number of aliphatic hydroxyl groups excluding tert-OH is 2. The summed E-state index contributed by atoms with van der Waals surface area (Å²) in [5, 5.41) is 21.4. The summed E-state index contributed by atoms with van der Waals surface area (Å²) in [7, 11) is 0. The molecule has 5 nitrogen and oxygen atoms in total. The van der Waals surface area contributed by atoms with Crippen molar-refractivity contribution in [3.05, 3.63) is 29.8 Å². The number of hydrogen-bond donors (Lipinski definition) is 4. The Morgan fingerprint density at radius 3 is 2.50 bits per heavy atom. The summed E-state index contributed by atoms with van der Waals surface area (Å²) in [6.07, 6.45) is -1.11. The maximum absolute atomic E-state index is 11.3. The summed E-state index contributed by atoms with van der Waals surface area (Å²) in [5.41, 5.74) is 6.97. The number of anilines is 1. The van der Waals surface area contributed by atoms with Crippen molar-refractivity contribution in [1.82, 2.24) is 5.32 Å². The van der Waals surface area contributed by atoms with E-state index in [0.29, 0.717) is 5.69 Å². The van der Waals surface area contributed by atoms with E-state index < -0.39 is 24.0 Å². The molecule has 0 bridgehead atoms. The average molecular weight is 222 g/mol. The van der Waals surface area contributed by atoms with Crippen molar-refractivity contribution >= 4 is 11.6 Å². The lowest BCUT2D eigenvalue weighted by Gasteiger charge is -2.18. The second kappa shape index (κ2) is 4.11. The van der Waals surface area contributed by atoms with Gasteiger partial charge in [0.2, 0.25) is 5.91 Å². The lowest BCUT2D eigenvalue weighted by molar-refractivity contribution is -0.126. The number of carbonyl (C=O) groups is 1. The maximum atomic E-state index is 11.3. The molecule has 5 N–H and O–H groups in total. The molecule has 0 aromatic heterocycles. The summed E-state index contributed by atoms with van der Waals surface area (Å²) in [6.45, 7) is -0.197. The Hall–Kier alpha value is -1.59. The summed E-state index contributed by atoms with van der Waals surface area (Å²) in [5.74, 6) is -0.862. The Kier molecular flexibility index (Phi) is 2.80. The number of aliphatic hydroxyl groups is 2. The van der Waals surface area contributed by atoms with Crippen LogP contribution in [0.25, 0.3) is 0 Å². The third-order valence-corrected chi connectivity index (χ3v) is 2.89. The van der Waals surface area contributed by atoms with Gasteiger partial charge in [-0.1, -0.05) is 12.1 Å². The van der Waals surface area contributed by atoms with Crippen LogP contribution in [0.15, 0.2) is 24.3 Å². The van der Waals surface area contributed by atoms with Gasteiger partial charge in [0.1, 0.15) is 6.10 Å². The Morgan fingerprint density at radius 1 is 1.31 bits per heavy atom. The van der Waals surface area contributed by atoms with E-state index in [1.165, 1.54) is 0 Å². The van der Waals surface area contributed by atoms with E-state index in [4.69, 9.17) is 10.8 Å². The zero-order valence-electron chi connectivity index (χ0n) is 8.63. The lowest BCUT2D eigenvalue weighted by atomic mass is 9.90. The molecular formula is C11H14N2O3. The molecule has 1 aliphatic heterocycles. The number of benzene rings is 1. The van der Waals surface area contributed by atoms with Gasteiger partial charge >= 0.3 is 0 Å². The van der Waals surface area contributed by atoms with Crippen molar-refractivity contribution in [1.29, 1.82) is 0 Å². The Bertz CT molecular complexity index is 391. The molecule has 3 atom stereocenters. The normalized spacial score (nSPS) is 29.1. The van der Waals surface area contributed by atoms with Crippen LogP contribution >= 0.6 is 0 Å². The molecule has 0 saturated carbocycles. The van der Waals surface area contributed by atoms with Crippen LogP contribution in [0.3, 0.4) is 0 Å². The fraction of sp³-hybridized carbons (Fsp3) is 0.364. The van der Waals surface area contributed by atoms with Gasteiger partial charge in [0.05, 0.1) is 12.6 Å². The standard InChI is InChI=1S/C11H14N2O3/c12-7-3-1-6(2-4-7)9-8(5-14)13-11(16)10(9)15/h1-4,8-10,14-15H,5,12H2,(H,13,16). The molecule has 86 valence electrons. The highest BCUT2D eigenvalue weighted by Gasteiger charge is 2.41. The topological polar surface area (TPSA) is 95.6 Å². The number of amides is 1. The van der Waals surface area contributed by atoms with Crippen molar-refractivity contribution in [3.8, 4) is 0 Å². The van der Waals surface area contributed by atoms with E-state index in [1.807, 2.05) is 0 Å². The number of nitrogens with one attached hydrogen (secondary N) is 1. The predicted molar refractivity (Wildman–Crippen MR) is 58.6 cm³/mol. The molecular weight excluding hydrogens is 208 g/mol. The summed E-state index contributed by atoms with van der Waals surface area (Å²) >= 11 is 0. The van der Waals surface area contributed by atoms with Crippen molar-refractivity contribution in [2.75, 3.05) is 12.3 Å². The lowest BCUT2D eigenvalue weighted by Crippen LogP contribution is -2.31. The van der Waals surface area contributed by atoms with E-state index in [2.05, 4.69) is 5.32 Å². The molecule has 0 spiro atoms. The van der Waals surface area contributed by atoms with E-state index >= 15 is 0 Å². The average Bonchev–Trinajstić information content (AvgIpc) is 2.57. The molecule has 0 radical (unpaired) electrons. The van der Waals surface area contributed by atoms with Crippen LogP contribution in [0, 0.1) is 0 Å². The molecule has 1 fully saturated rings. The van der Waals surface area contributed by atoms with Gasteiger partial charge in [-0.15, -0.1) is 0 Å². The first-order valence-electron chi connectivity index (χ1n) is 5.08. The Morgan fingerprint density at radius 2 is 1.94 bits per heavy atom. The predicted octanol–water partition coefficient (Wildman–Crippen LogP) is -0.796. The minimum Gasteiger partial charge on any atom is -0.399 e. The molecule has 1 heterocycles. The van der Waals surface area contributed by atoms with Gasteiger partial charge in [-0.05, 0) is 17.7 Å². The minimum atomic E-state index is -1.11. The molecule has 3 unspecified atom stereocenters.